The molecule has 0 aliphatic rings. The molecule has 0 amide bonds. The number of hydrogen-bond acceptors (Lipinski definition) is 4. The lowest BCUT2D eigenvalue weighted by atomic mass is 10.1. The molecule has 4 nitrogen and oxygen atoms in total. The van der Waals surface area contributed by atoms with E-state index in [0.29, 0.717) is 10.7 Å². The molecule has 1 rings (SSSR count). The highest BCUT2D eigenvalue weighted by Crippen LogP contribution is 2.17. The second kappa shape index (κ2) is 4.57. The smallest absolute Gasteiger partial charge is 0.159 e. The Morgan fingerprint density at radius 3 is 2.79 bits per heavy atom. The van der Waals surface area contributed by atoms with E-state index in [-0.39, 0.29) is 12.1 Å². The maximum Gasteiger partial charge on any atom is 0.159 e. The average molecular weight is 207 g/mol. The largest absolute Gasteiger partial charge is 0.322 e. The summed E-state index contributed by atoms with van der Waals surface area (Å²) in [6.45, 7) is 0. The molecule has 0 aliphatic carbocycles. The van der Waals surface area contributed by atoms with Crippen LogP contribution >= 0.6 is 11.6 Å². The van der Waals surface area contributed by atoms with Crippen molar-refractivity contribution in [3.63, 3.8) is 0 Å². The summed E-state index contributed by atoms with van der Waals surface area (Å²) in [5.41, 5.74) is 6.29. The van der Waals surface area contributed by atoms with Crippen LogP contribution in [0.1, 0.15) is 23.9 Å². The third-order valence-electron chi connectivity index (χ3n) is 1.66. The van der Waals surface area contributed by atoms with E-state index in [0.717, 1.165) is 0 Å². The normalized spacial score (nSPS) is 11.4. The molecule has 1 atom stereocenters. The lowest BCUT2D eigenvalue weighted by Crippen LogP contribution is -2.11. The Bertz CT molecular complexity index is 416. The molecule has 1 heterocycles. The maximum absolute atomic E-state index is 8.65. The van der Waals surface area contributed by atoms with Gasteiger partial charge in [0, 0.05) is 0 Å². The van der Waals surface area contributed by atoms with Crippen molar-refractivity contribution in [1.82, 2.24) is 4.98 Å². The van der Waals surface area contributed by atoms with Gasteiger partial charge >= 0.3 is 0 Å². The van der Waals surface area contributed by atoms with E-state index >= 15 is 0 Å². The van der Waals surface area contributed by atoms with Gasteiger partial charge in [-0.1, -0.05) is 11.6 Å². The second-order valence-electron chi connectivity index (χ2n) is 2.65. The Hall–Kier alpha value is -1.62. The van der Waals surface area contributed by atoms with E-state index in [9.17, 15) is 0 Å². The number of nitrogens with two attached hydrogens (primary N) is 1. The fourth-order valence-electron chi connectivity index (χ4n) is 0.945. The first-order valence-corrected chi connectivity index (χ1v) is 4.26. The van der Waals surface area contributed by atoms with Gasteiger partial charge in [-0.05, 0) is 12.1 Å². The molecule has 0 aliphatic heterocycles. The zero-order valence-electron chi connectivity index (χ0n) is 7.24. The van der Waals surface area contributed by atoms with Crippen LogP contribution in [0.3, 0.4) is 0 Å². The summed E-state index contributed by atoms with van der Waals surface area (Å²) in [7, 11) is 0. The van der Waals surface area contributed by atoms with Crippen molar-refractivity contribution in [3.05, 3.63) is 28.5 Å². The standard InChI is InChI=1S/C9H7ClN4/c10-6-1-2-8(7(13)3-4-11)14-9(6)5-12/h1-2,7H,3,13H2. The van der Waals surface area contributed by atoms with Gasteiger partial charge in [0.25, 0.3) is 0 Å². The molecule has 0 aromatic carbocycles. The van der Waals surface area contributed by atoms with Crippen molar-refractivity contribution in [1.29, 1.82) is 10.5 Å². The average Bonchev–Trinajstić information content (AvgIpc) is 2.19. The Kier molecular flexibility index (Phi) is 3.41. The lowest BCUT2D eigenvalue weighted by Gasteiger charge is -2.06. The van der Waals surface area contributed by atoms with E-state index < -0.39 is 6.04 Å². The predicted molar refractivity (Wildman–Crippen MR) is 51.1 cm³/mol. The van der Waals surface area contributed by atoms with Gasteiger partial charge in [0.15, 0.2) is 5.69 Å². The molecule has 1 aromatic rings. The zero-order valence-corrected chi connectivity index (χ0v) is 7.99. The molecule has 2 N–H and O–H groups in total. The summed E-state index contributed by atoms with van der Waals surface area (Å²) >= 11 is 5.69. The van der Waals surface area contributed by atoms with Crippen molar-refractivity contribution >= 4 is 11.6 Å². The van der Waals surface area contributed by atoms with Crippen LogP contribution in [0, 0.1) is 22.7 Å². The summed E-state index contributed by atoms with van der Waals surface area (Å²) in [6, 6.07) is 6.49. The van der Waals surface area contributed by atoms with Crippen LogP contribution in [0.4, 0.5) is 0 Å². The fourth-order valence-corrected chi connectivity index (χ4v) is 1.09. The summed E-state index contributed by atoms with van der Waals surface area (Å²) < 4.78 is 0. The molecule has 70 valence electrons. The van der Waals surface area contributed by atoms with Crippen LogP contribution < -0.4 is 5.73 Å². The molecule has 0 saturated heterocycles. The van der Waals surface area contributed by atoms with Gasteiger partial charge in [-0.2, -0.15) is 10.5 Å². The Morgan fingerprint density at radius 2 is 2.21 bits per heavy atom. The fraction of sp³-hybridized carbons (Fsp3) is 0.222. The molecule has 1 aromatic heterocycles. The number of aromatic nitrogens is 1. The third-order valence-corrected chi connectivity index (χ3v) is 1.97. The Balaban J connectivity index is 3.03. The minimum atomic E-state index is -0.468. The monoisotopic (exact) mass is 206 g/mol. The summed E-state index contributed by atoms with van der Waals surface area (Å²) in [4.78, 5) is 3.94. The number of nitriles is 2. The Labute approximate surface area is 86.5 Å². The minimum Gasteiger partial charge on any atom is -0.322 e. The summed E-state index contributed by atoms with van der Waals surface area (Å²) in [6.07, 6.45) is 0.166. The third kappa shape index (κ3) is 2.20. The van der Waals surface area contributed by atoms with E-state index in [2.05, 4.69) is 4.98 Å². The number of pyridine rings is 1. The van der Waals surface area contributed by atoms with E-state index in [4.69, 9.17) is 27.9 Å². The highest BCUT2D eigenvalue weighted by molar-refractivity contribution is 6.31. The highest BCUT2D eigenvalue weighted by Gasteiger charge is 2.09. The molecule has 0 spiro atoms. The molecular formula is C9H7ClN4. The van der Waals surface area contributed by atoms with Gasteiger partial charge in [-0.15, -0.1) is 0 Å². The van der Waals surface area contributed by atoms with Gasteiger partial charge in [0.05, 0.1) is 29.2 Å². The van der Waals surface area contributed by atoms with E-state index in [1.807, 2.05) is 12.1 Å². The highest BCUT2D eigenvalue weighted by atomic mass is 35.5. The summed E-state index contributed by atoms with van der Waals surface area (Å²) in [5, 5.41) is 17.4. The van der Waals surface area contributed by atoms with Crippen LogP contribution in [0.2, 0.25) is 5.02 Å². The molecule has 14 heavy (non-hydrogen) atoms. The van der Waals surface area contributed by atoms with Crippen LogP contribution in [-0.4, -0.2) is 4.98 Å². The zero-order chi connectivity index (χ0) is 10.6. The van der Waals surface area contributed by atoms with Crippen LogP contribution in [0.25, 0.3) is 0 Å². The molecule has 0 bridgehead atoms. The molecular weight excluding hydrogens is 200 g/mol. The van der Waals surface area contributed by atoms with Crippen LogP contribution in [0.15, 0.2) is 12.1 Å². The molecule has 1 unspecified atom stereocenters. The number of nitrogens with zero attached hydrogens (tertiary/aromatic N) is 3. The molecule has 5 heteroatoms. The molecule has 0 saturated carbocycles. The van der Waals surface area contributed by atoms with Gasteiger partial charge in [0.1, 0.15) is 6.07 Å². The number of hydrogen-bond donors (Lipinski definition) is 1. The Morgan fingerprint density at radius 1 is 1.50 bits per heavy atom. The van der Waals surface area contributed by atoms with Gasteiger partial charge < -0.3 is 5.73 Å². The van der Waals surface area contributed by atoms with Gasteiger partial charge in [-0.3, -0.25) is 0 Å². The van der Waals surface area contributed by atoms with Crippen molar-refractivity contribution < 1.29 is 0 Å². The van der Waals surface area contributed by atoms with Gasteiger partial charge in [-0.25, -0.2) is 4.98 Å². The van der Waals surface area contributed by atoms with Crippen LogP contribution in [0.5, 0.6) is 0 Å². The lowest BCUT2D eigenvalue weighted by molar-refractivity contribution is 0.718. The maximum atomic E-state index is 8.65. The van der Waals surface area contributed by atoms with Crippen molar-refractivity contribution in [2.24, 2.45) is 5.73 Å². The first-order valence-electron chi connectivity index (χ1n) is 3.88. The molecule has 0 fully saturated rings. The first kappa shape index (κ1) is 10.5. The van der Waals surface area contributed by atoms with E-state index in [1.165, 1.54) is 0 Å². The van der Waals surface area contributed by atoms with Crippen molar-refractivity contribution in [3.8, 4) is 12.1 Å². The van der Waals surface area contributed by atoms with E-state index in [1.54, 1.807) is 12.1 Å². The summed E-state index contributed by atoms with van der Waals surface area (Å²) in [5.74, 6) is 0. The van der Waals surface area contributed by atoms with Crippen molar-refractivity contribution in [2.75, 3.05) is 0 Å². The van der Waals surface area contributed by atoms with Crippen molar-refractivity contribution in [2.45, 2.75) is 12.5 Å². The topological polar surface area (TPSA) is 86.5 Å². The second-order valence-corrected chi connectivity index (χ2v) is 3.05. The quantitative estimate of drug-likeness (QED) is 0.795. The van der Waals surface area contributed by atoms with Crippen LogP contribution in [-0.2, 0) is 0 Å². The first-order chi connectivity index (χ1) is 6.69. The number of rotatable bonds is 2. The SMILES string of the molecule is N#CCC(N)c1ccc(Cl)c(C#N)n1. The van der Waals surface area contributed by atoms with Gasteiger partial charge in [0.2, 0.25) is 0 Å². The molecule has 0 radical (unpaired) electrons. The number of halogens is 1. The minimum absolute atomic E-state index is 0.137. The predicted octanol–water partition coefficient (Wildman–Crippen LogP) is 1.52.